The van der Waals surface area contributed by atoms with Crippen molar-refractivity contribution in [1.29, 1.82) is 0 Å². The lowest BCUT2D eigenvalue weighted by Crippen LogP contribution is -2.53. The first-order valence-corrected chi connectivity index (χ1v) is 7.28. The number of rotatable bonds is 1. The zero-order chi connectivity index (χ0) is 12.8. The summed E-state index contributed by atoms with van der Waals surface area (Å²) in [7, 11) is 0. The predicted octanol–water partition coefficient (Wildman–Crippen LogP) is 3.14. The van der Waals surface area contributed by atoms with Crippen LogP contribution in [0.4, 0.5) is 5.69 Å². The lowest BCUT2D eigenvalue weighted by atomic mass is 9.87. The summed E-state index contributed by atoms with van der Waals surface area (Å²) < 4.78 is 1.08. The van der Waals surface area contributed by atoms with Gasteiger partial charge in [0.1, 0.15) is 0 Å². The number of benzene rings is 1. The van der Waals surface area contributed by atoms with Gasteiger partial charge in [-0.1, -0.05) is 35.3 Å². The average Bonchev–Trinajstić information content (AvgIpc) is 2.85. The molecule has 1 aliphatic heterocycles. The second kappa shape index (κ2) is 4.26. The van der Waals surface area contributed by atoms with Gasteiger partial charge >= 0.3 is 0 Å². The quantitative estimate of drug-likeness (QED) is 0.866. The zero-order valence-corrected chi connectivity index (χ0v) is 12.2. The van der Waals surface area contributed by atoms with E-state index < -0.39 is 0 Å². The molecule has 96 valence electrons. The van der Waals surface area contributed by atoms with E-state index >= 15 is 0 Å². The second-order valence-corrected chi connectivity index (χ2v) is 6.30. The van der Waals surface area contributed by atoms with Crippen LogP contribution in [0.5, 0.6) is 0 Å². The Balaban J connectivity index is 2.04. The molecule has 1 heterocycles. The molecule has 3 rings (SSSR count). The Hall–Kier alpha value is -1.03. The summed E-state index contributed by atoms with van der Waals surface area (Å²) in [5, 5.41) is 0. The Labute approximate surface area is 116 Å². The van der Waals surface area contributed by atoms with Gasteiger partial charge in [-0.3, -0.25) is 4.99 Å². The van der Waals surface area contributed by atoms with Crippen molar-refractivity contribution in [3.63, 3.8) is 0 Å². The molecule has 2 N–H and O–H groups in total. The third-order valence-corrected chi connectivity index (χ3v) is 4.91. The Morgan fingerprint density at radius 1 is 1.50 bits per heavy atom. The molecule has 1 saturated carbocycles. The van der Waals surface area contributed by atoms with Gasteiger partial charge < -0.3 is 10.6 Å². The molecule has 3 nitrogen and oxygen atoms in total. The third-order valence-electron chi connectivity index (χ3n) is 4.42. The summed E-state index contributed by atoms with van der Waals surface area (Å²) in [4.78, 5) is 6.77. The van der Waals surface area contributed by atoms with E-state index in [2.05, 4.69) is 50.9 Å². The Morgan fingerprint density at radius 3 is 3.00 bits per heavy atom. The minimum Gasteiger partial charge on any atom is -0.369 e. The average molecular weight is 308 g/mol. The van der Waals surface area contributed by atoms with Crippen LogP contribution in [0.1, 0.15) is 26.2 Å². The zero-order valence-electron chi connectivity index (χ0n) is 10.6. The van der Waals surface area contributed by atoms with Crippen LogP contribution < -0.4 is 10.6 Å². The highest BCUT2D eigenvalue weighted by Gasteiger charge is 2.49. The largest absolute Gasteiger partial charge is 0.369 e. The van der Waals surface area contributed by atoms with Gasteiger partial charge in [0.05, 0.1) is 12.1 Å². The predicted molar refractivity (Wildman–Crippen MR) is 78.9 cm³/mol. The normalized spacial score (nSPS) is 31.1. The lowest BCUT2D eigenvalue weighted by molar-refractivity contribution is 0.365. The van der Waals surface area contributed by atoms with Crippen molar-refractivity contribution >= 4 is 27.6 Å². The van der Waals surface area contributed by atoms with Gasteiger partial charge in [0.2, 0.25) is 0 Å². The number of aliphatic imine (C=N–C) groups is 1. The standard InChI is InChI=1S/C14H18BrN3/c1-10-4-3-7-14(10)9-17-13(16)18(14)12-6-2-5-11(15)8-12/h2,5-6,8,10H,3-4,7,9H2,1H3,(H2,16,17). The van der Waals surface area contributed by atoms with Crippen molar-refractivity contribution in [3.05, 3.63) is 28.7 Å². The molecule has 0 amide bonds. The van der Waals surface area contributed by atoms with Gasteiger partial charge in [-0.25, -0.2) is 0 Å². The van der Waals surface area contributed by atoms with Crippen LogP contribution >= 0.6 is 15.9 Å². The highest BCUT2D eigenvalue weighted by molar-refractivity contribution is 9.10. The van der Waals surface area contributed by atoms with Gasteiger partial charge in [0.25, 0.3) is 0 Å². The molecule has 0 saturated heterocycles. The van der Waals surface area contributed by atoms with Crippen molar-refractivity contribution < 1.29 is 0 Å². The number of hydrogen-bond donors (Lipinski definition) is 1. The Bertz CT molecular complexity index is 500. The van der Waals surface area contributed by atoms with Crippen molar-refractivity contribution in [1.82, 2.24) is 0 Å². The summed E-state index contributed by atoms with van der Waals surface area (Å²) in [6.07, 6.45) is 3.73. The van der Waals surface area contributed by atoms with E-state index in [-0.39, 0.29) is 5.54 Å². The topological polar surface area (TPSA) is 41.6 Å². The summed E-state index contributed by atoms with van der Waals surface area (Å²) in [5.74, 6) is 1.31. The number of nitrogens with zero attached hydrogens (tertiary/aromatic N) is 2. The maximum Gasteiger partial charge on any atom is 0.196 e. The first kappa shape index (κ1) is 12.0. The van der Waals surface area contributed by atoms with E-state index in [0.29, 0.717) is 11.9 Å². The fourth-order valence-electron chi connectivity index (χ4n) is 3.39. The monoisotopic (exact) mass is 307 g/mol. The molecular formula is C14H18BrN3. The maximum absolute atomic E-state index is 6.14. The van der Waals surface area contributed by atoms with E-state index in [4.69, 9.17) is 5.73 Å². The highest BCUT2D eigenvalue weighted by atomic mass is 79.9. The molecule has 1 aromatic rings. The summed E-state index contributed by atoms with van der Waals surface area (Å²) >= 11 is 3.53. The van der Waals surface area contributed by atoms with E-state index in [0.717, 1.165) is 16.7 Å². The summed E-state index contributed by atoms with van der Waals surface area (Å²) in [5.41, 5.74) is 7.40. The van der Waals surface area contributed by atoms with Crippen molar-refractivity contribution in [3.8, 4) is 0 Å². The number of guanidine groups is 1. The minimum absolute atomic E-state index is 0.116. The minimum atomic E-state index is 0.116. The molecule has 2 atom stereocenters. The fraction of sp³-hybridized carbons (Fsp3) is 0.500. The van der Waals surface area contributed by atoms with Crippen LogP contribution in [-0.4, -0.2) is 18.0 Å². The van der Waals surface area contributed by atoms with Gasteiger partial charge in [-0.05, 0) is 37.0 Å². The molecule has 1 aromatic carbocycles. The number of nitrogens with two attached hydrogens (primary N) is 1. The van der Waals surface area contributed by atoms with Crippen LogP contribution in [0.25, 0.3) is 0 Å². The van der Waals surface area contributed by atoms with Crippen molar-refractivity contribution in [2.45, 2.75) is 31.7 Å². The van der Waals surface area contributed by atoms with E-state index in [1.165, 1.54) is 19.3 Å². The van der Waals surface area contributed by atoms with E-state index in [1.54, 1.807) is 0 Å². The van der Waals surface area contributed by atoms with E-state index in [1.807, 2.05) is 6.07 Å². The molecule has 2 unspecified atom stereocenters. The molecular weight excluding hydrogens is 290 g/mol. The molecule has 2 aliphatic rings. The van der Waals surface area contributed by atoms with Gasteiger partial charge in [0, 0.05) is 10.2 Å². The van der Waals surface area contributed by atoms with E-state index in [9.17, 15) is 0 Å². The first-order chi connectivity index (χ1) is 8.63. The van der Waals surface area contributed by atoms with Crippen LogP contribution in [0.3, 0.4) is 0 Å². The van der Waals surface area contributed by atoms with Gasteiger partial charge in [-0.2, -0.15) is 0 Å². The van der Waals surface area contributed by atoms with Crippen molar-refractivity contribution in [2.24, 2.45) is 16.6 Å². The Kier molecular flexibility index (Phi) is 2.85. The summed E-state index contributed by atoms with van der Waals surface area (Å²) in [6.45, 7) is 3.17. The first-order valence-electron chi connectivity index (χ1n) is 6.49. The Morgan fingerprint density at radius 2 is 2.33 bits per heavy atom. The molecule has 4 heteroatoms. The number of hydrogen-bond acceptors (Lipinski definition) is 3. The molecule has 0 aromatic heterocycles. The van der Waals surface area contributed by atoms with Crippen LogP contribution in [0, 0.1) is 5.92 Å². The highest BCUT2D eigenvalue weighted by Crippen LogP contribution is 2.45. The number of anilines is 1. The smallest absolute Gasteiger partial charge is 0.196 e. The van der Waals surface area contributed by atoms with Crippen LogP contribution in [-0.2, 0) is 0 Å². The molecule has 0 bridgehead atoms. The molecule has 1 fully saturated rings. The van der Waals surface area contributed by atoms with Crippen molar-refractivity contribution in [2.75, 3.05) is 11.4 Å². The maximum atomic E-state index is 6.14. The molecule has 1 aliphatic carbocycles. The second-order valence-electron chi connectivity index (χ2n) is 5.39. The number of halogens is 1. The fourth-order valence-corrected chi connectivity index (χ4v) is 3.78. The van der Waals surface area contributed by atoms with Gasteiger partial charge in [-0.15, -0.1) is 0 Å². The molecule has 0 radical (unpaired) electrons. The van der Waals surface area contributed by atoms with Crippen LogP contribution in [0.15, 0.2) is 33.7 Å². The SMILES string of the molecule is CC1CCCC12CN=C(N)N2c1cccc(Br)c1. The van der Waals surface area contributed by atoms with Gasteiger partial charge in [0.15, 0.2) is 5.96 Å². The molecule has 1 spiro atoms. The third kappa shape index (κ3) is 1.66. The molecule has 18 heavy (non-hydrogen) atoms. The van der Waals surface area contributed by atoms with Crippen LogP contribution in [0.2, 0.25) is 0 Å². The summed E-state index contributed by atoms with van der Waals surface area (Å²) in [6, 6.07) is 8.34. The lowest BCUT2D eigenvalue weighted by Gasteiger charge is -2.39.